The number of amides is 8. The molecule has 0 bridgehead atoms. The molecule has 2 fully saturated rings. The van der Waals surface area contributed by atoms with E-state index in [0.29, 0.717) is 23.1 Å². The second-order valence-corrected chi connectivity index (χ2v) is 18.1. The van der Waals surface area contributed by atoms with E-state index in [1.807, 2.05) is 0 Å². The largest absolute Gasteiger partial charge is 0.508 e. The third kappa shape index (κ3) is 16.4. The van der Waals surface area contributed by atoms with E-state index in [-0.39, 0.29) is 43.7 Å². The minimum atomic E-state index is -1.88. The highest BCUT2D eigenvalue weighted by Crippen LogP contribution is 2.25. The Morgan fingerprint density at radius 3 is 1.88 bits per heavy atom. The Balaban J connectivity index is 1.28. The summed E-state index contributed by atoms with van der Waals surface area (Å²) in [5.41, 5.74) is 13.1. The van der Waals surface area contributed by atoms with Gasteiger partial charge >= 0.3 is 0 Å². The van der Waals surface area contributed by atoms with Crippen molar-refractivity contribution >= 4 is 47.3 Å². The van der Waals surface area contributed by atoms with E-state index < -0.39 is 140 Å². The maximum Gasteiger partial charge on any atom is 0.246 e. The molecule has 12 unspecified atom stereocenters. The summed E-state index contributed by atoms with van der Waals surface area (Å²) in [5.74, 6) is -6.63. The Hall–Kier alpha value is -7.26. The molecule has 0 spiro atoms. The van der Waals surface area contributed by atoms with E-state index in [1.54, 1.807) is 42.5 Å². The summed E-state index contributed by atoms with van der Waals surface area (Å²) in [6, 6.07) is 12.7. The van der Waals surface area contributed by atoms with Gasteiger partial charge in [-0.1, -0.05) is 54.6 Å². The van der Waals surface area contributed by atoms with Gasteiger partial charge in [0, 0.05) is 19.4 Å². The van der Waals surface area contributed by atoms with Crippen molar-refractivity contribution in [3.8, 4) is 11.5 Å². The number of hydrogen-bond acceptors (Lipinski definition) is 17. The number of carbonyl (C=O) groups excluding carboxylic acids is 8. The molecule has 25 heteroatoms. The molecule has 2 heterocycles. The Bertz CT molecular complexity index is 2420. The number of nitrogens with one attached hydrogen (secondary N) is 6. The predicted molar refractivity (Wildman–Crippen MR) is 259 cm³/mol. The molecule has 2 aliphatic rings. The summed E-state index contributed by atoms with van der Waals surface area (Å²) in [7, 11) is 0. The third-order valence-corrected chi connectivity index (χ3v) is 12.4. The first-order chi connectivity index (χ1) is 35.1. The average molecular weight is 1040 g/mol. The van der Waals surface area contributed by atoms with Gasteiger partial charge in [0.2, 0.25) is 47.3 Å². The summed E-state index contributed by atoms with van der Waals surface area (Å²) in [5, 5.41) is 75.3. The molecular formula is C49H65N9O16. The highest BCUT2D eigenvalue weighted by atomic mass is 16.7. The van der Waals surface area contributed by atoms with E-state index in [1.165, 1.54) is 55.1 Å². The fourth-order valence-corrected chi connectivity index (χ4v) is 8.23. The Labute approximate surface area is 425 Å². The Kier molecular flexibility index (Phi) is 21.1. The summed E-state index contributed by atoms with van der Waals surface area (Å²) in [6.45, 7) is 0.550. The van der Waals surface area contributed by atoms with Gasteiger partial charge in [0.05, 0.1) is 31.8 Å². The highest BCUT2D eigenvalue weighted by molar-refractivity contribution is 5.97. The number of phenolic OH excluding ortho intramolecular Hbond substituents is 2. The average Bonchev–Trinajstić information content (AvgIpc) is 3.88. The van der Waals surface area contributed by atoms with Crippen LogP contribution in [0, 0.1) is 0 Å². The molecule has 0 saturated carbocycles. The molecule has 0 radical (unpaired) electrons. The van der Waals surface area contributed by atoms with Crippen molar-refractivity contribution in [3.63, 3.8) is 0 Å². The number of phenols is 2. The molecule has 74 heavy (non-hydrogen) atoms. The van der Waals surface area contributed by atoms with Gasteiger partial charge < -0.3 is 88.4 Å². The second-order valence-electron chi connectivity index (χ2n) is 18.1. The monoisotopic (exact) mass is 1040 g/mol. The zero-order chi connectivity index (χ0) is 54.2. The van der Waals surface area contributed by atoms with Gasteiger partial charge in [0.1, 0.15) is 66.1 Å². The van der Waals surface area contributed by atoms with Crippen molar-refractivity contribution in [2.45, 2.75) is 119 Å². The maximum absolute atomic E-state index is 14.5. The number of nitrogens with two attached hydrogens (primary N) is 2. The van der Waals surface area contributed by atoms with Crippen molar-refractivity contribution in [1.29, 1.82) is 0 Å². The van der Waals surface area contributed by atoms with Crippen molar-refractivity contribution in [3.05, 3.63) is 95.6 Å². The first kappa shape index (κ1) is 57.6. The van der Waals surface area contributed by atoms with Crippen LogP contribution in [0.4, 0.5) is 0 Å². The number of aliphatic hydroxyl groups excluding tert-OH is 4. The molecule has 25 nitrogen and oxygen atoms in total. The minimum absolute atomic E-state index is 0.00909. The van der Waals surface area contributed by atoms with Crippen molar-refractivity contribution < 1.29 is 78.5 Å². The van der Waals surface area contributed by atoms with E-state index in [0.717, 1.165) is 0 Å². The van der Waals surface area contributed by atoms with Gasteiger partial charge in [-0.25, -0.2) is 0 Å². The topological polar surface area (TPSA) is 404 Å². The van der Waals surface area contributed by atoms with Gasteiger partial charge in [-0.3, -0.25) is 38.4 Å². The zero-order valence-corrected chi connectivity index (χ0v) is 40.7. The predicted octanol–water partition coefficient (Wildman–Crippen LogP) is -4.67. The van der Waals surface area contributed by atoms with Crippen LogP contribution in [-0.2, 0) is 67.1 Å². The van der Waals surface area contributed by atoms with E-state index in [4.69, 9.17) is 20.9 Å². The van der Waals surface area contributed by atoms with Gasteiger partial charge in [0.25, 0.3) is 0 Å². The number of carbonyl (C=O) groups is 8. The van der Waals surface area contributed by atoms with E-state index in [2.05, 4.69) is 31.9 Å². The van der Waals surface area contributed by atoms with Crippen LogP contribution in [0.15, 0.2) is 78.9 Å². The van der Waals surface area contributed by atoms with Crippen LogP contribution < -0.4 is 43.4 Å². The lowest BCUT2D eigenvalue weighted by atomic mass is 9.99. The zero-order valence-electron chi connectivity index (χ0n) is 40.7. The molecule has 0 aromatic heterocycles. The molecule has 3 aromatic rings. The van der Waals surface area contributed by atoms with E-state index >= 15 is 0 Å². The Morgan fingerprint density at radius 2 is 1.27 bits per heavy atom. The molecule has 0 aliphatic carbocycles. The number of primary amides is 1. The normalized spacial score (nSPS) is 21.9. The van der Waals surface area contributed by atoms with Crippen LogP contribution in [0.25, 0.3) is 0 Å². The van der Waals surface area contributed by atoms with Crippen LogP contribution in [0.3, 0.4) is 0 Å². The van der Waals surface area contributed by atoms with Crippen molar-refractivity contribution in [2.75, 3.05) is 26.2 Å². The number of rotatable bonds is 24. The number of aliphatic hydroxyl groups is 4. The smallest absolute Gasteiger partial charge is 0.246 e. The number of ether oxygens (including phenoxy) is 2. The molecular weight excluding hydrogens is 971 g/mol. The number of nitrogens with zero attached hydrogens (tertiary/aromatic N) is 1. The lowest BCUT2D eigenvalue weighted by molar-refractivity contribution is -0.311. The van der Waals surface area contributed by atoms with E-state index in [9.17, 15) is 69.0 Å². The van der Waals surface area contributed by atoms with Gasteiger partial charge in [-0.05, 0) is 74.1 Å². The van der Waals surface area contributed by atoms with Crippen LogP contribution in [0.2, 0.25) is 0 Å². The first-order valence-corrected chi connectivity index (χ1v) is 23.8. The minimum Gasteiger partial charge on any atom is -0.508 e. The quantitative estimate of drug-likeness (QED) is 0.0401. The van der Waals surface area contributed by atoms with Crippen LogP contribution in [-0.4, -0.2) is 182 Å². The van der Waals surface area contributed by atoms with Gasteiger partial charge in [0.15, 0.2) is 6.29 Å². The van der Waals surface area contributed by atoms with Crippen molar-refractivity contribution in [2.24, 2.45) is 11.5 Å². The molecule has 5 rings (SSSR count). The van der Waals surface area contributed by atoms with Crippen LogP contribution in [0.5, 0.6) is 11.5 Å². The molecule has 2 aliphatic heterocycles. The molecule has 2 saturated heterocycles. The lowest BCUT2D eigenvalue weighted by Gasteiger charge is -2.41. The van der Waals surface area contributed by atoms with Crippen LogP contribution in [0.1, 0.15) is 43.4 Å². The molecule has 402 valence electrons. The second kappa shape index (κ2) is 27.2. The molecule has 8 amide bonds. The van der Waals surface area contributed by atoms with Crippen molar-refractivity contribution in [1.82, 2.24) is 36.8 Å². The fraction of sp³-hybridized carbons (Fsp3) is 0.469. The number of benzene rings is 3. The summed E-state index contributed by atoms with van der Waals surface area (Å²) >= 11 is 0. The molecule has 12 atom stereocenters. The summed E-state index contributed by atoms with van der Waals surface area (Å²) < 4.78 is 11.1. The van der Waals surface area contributed by atoms with Crippen LogP contribution >= 0.6 is 0 Å². The summed E-state index contributed by atoms with van der Waals surface area (Å²) in [6.07, 6.45) is -9.68. The fourth-order valence-electron chi connectivity index (χ4n) is 8.23. The first-order valence-electron chi connectivity index (χ1n) is 23.8. The maximum atomic E-state index is 14.5. The summed E-state index contributed by atoms with van der Waals surface area (Å²) in [4.78, 5) is 109. The third-order valence-electron chi connectivity index (χ3n) is 12.4. The van der Waals surface area contributed by atoms with Gasteiger partial charge in [-0.2, -0.15) is 0 Å². The standard InChI is InChI=1S/C49H65N9O16/c1-25(54-44(68)32(50)19-28-10-14-30(60)15-11-28)43(67)56-33(20-27-7-4-3-5-8-27)45(69)53-23-38(63)55-34(21-29-12-16-31(61)17-13-29)48(72)58-18-6-9-35(58)46(70)57-39(47(71)52-22-37(51)62)26(2)73-49-42(66)41(65)40(64)36(24-59)74-49/h3-5,7-8,10-17,25-26,32-36,39-42,49,59-61,64-66H,6,9,18-24,50H2,1-2H3,(H2,51,62)(H,52,71)(H,53,69)(H,54,68)(H,55,63)(H,56,67)(H,57,70). The van der Waals surface area contributed by atoms with Gasteiger partial charge in [-0.15, -0.1) is 0 Å². The Morgan fingerprint density at radius 1 is 0.689 bits per heavy atom. The SMILES string of the molecule is CC(NC(=O)C(N)Cc1ccc(O)cc1)C(=O)NC(Cc1ccccc1)C(=O)NCC(=O)NC(Cc1ccc(O)cc1)C(=O)N1CCCC1C(=O)NC(C(=O)NCC(N)=O)C(C)OC1OC(CO)C(O)C(O)C1O. The molecule has 3 aromatic carbocycles. The number of hydrogen-bond donors (Lipinski definition) is 14. The lowest BCUT2D eigenvalue weighted by Crippen LogP contribution is -2.62. The molecule has 16 N–H and O–H groups in total. The highest BCUT2D eigenvalue weighted by Gasteiger charge is 2.46. The number of likely N-dealkylation sites (tertiary alicyclic amines) is 1. The number of aromatic hydroxyl groups is 2.